The number of benzene rings is 7. The molecule has 7 heteroatoms. The highest BCUT2D eigenvalue weighted by molar-refractivity contribution is 5.95. The Balaban J connectivity index is 1.00. The van der Waals surface area contributed by atoms with Crippen molar-refractivity contribution in [2.75, 3.05) is 58.8 Å². The Morgan fingerprint density at radius 1 is 0.467 bits per heavy atom. The van der Waals surface area contributed by atoms with Crippen LogP contribution in [0.25, 0.3) is 44.5 Å². The maximum atomic E-state index is 13.3. The summed E-state index contributed by atoms with van der Waals surface area (Å²) in [6.07, 6.45) is 1.89. The number of esters is 1. The molecule has 7 aromatic rings. The third-order valence-electron chi connectivity index (χ3n) is 11.4. The Bertz CT molecular complexity index is 2490. The van der Waals surface area contributed by atoms with E-state index in [1.54, 1.807) is 7.11 Å². The summed E-state index contributed by atoms with van der Waals surface area (Å²) in [6.45, 7) is 2.56. The Hall–Kier alpha value is -6.51. The second-order valence-corrected chi connectivity index (χ2v) is 15.1. The number of fused-ring (bicyclic) bond motifs is 6. The van der Waals surface area contributed by atoms with Gasteiger partial charge in [-0.1, -0.05) is 109 Å². The van der Waals surface area contributed by atoms with Gasteiger partial charge in [0.05, 0.1) is 40.1 Å². The van der Waals surface area contributed by atoms with E-state index in [-0.39, 0.29) is 6.61 Å². The lowest BCUT2D eigenvalue weighted by atomic mass is 9.98. The van der Waals surface area contributed by atoms with E-state index in [1.807, 2.05) is 18.2 Å². The van der Waals surface area contributed by atoms with Gasteiger partial charge in [0.1, 0.15) is 17.9 Å². The van der Waals surface area contributed by atoms with Gasteiger partial charge in [-0.05, 0) is 122 Å². The number of nitrogens with zero attached hydrogens (tertiary/aromatic N) is 1. The van der Waals surface area contributed by atoms with Crippen LogP contribution < -0.4 is 9.64 Å². The lowest BCUT2D eigenvalue weighted by Gasteiger charge is -2.27. The molecule has 0 radical (unpaired) electrons. The van der Waals surface area contributed by atoms with Crippen LogP contribution in [-0.2, 0) is 31.8 Å². The van der Waals surface area contributed by atoms with Crippen LogP contribution in [0.5, 0.6) is 5.75 Å². The van der Waals surface area contributed by atoms with E-state index in [1.165, 1.54) is 62.7 Å². The van der Waals surface area contributed by atoms with Gasteiger partial charge in [0, 0.05) is 24.2 Å². The summed E-state index contributed by atoms with van der Waals surface area (Å²) in [4.78, 5) is 15.4. The Kier molecular flexibility index (Phi) is 11.5. The molecule has 300 valence electrons. The van der Waals surface area contributed by atoms with Crippen molar-refractivity contribution < 1.29 is 28.5 Å². The Morgan fingerprint density at radius 3 is 1.47 bits per heavy atom. The fourth-order valence-corrected chi connectivity index (χ4v) is 8.43. The van der Waals surface area contributed by atoms with Crippen LogP contribution in [0.1, 0.15) is 32.6 Å². The molecule has 0 bridgehead atoms. The van der Waals surface area contributed by atoms with E-state index in [4.69, 9.17) is 23.7 Å². The molecule has 2 aliphatic carbocycles. The molecule has 7 aromatic carbocycles. The standard InChI is InChI=1S/C53H47NO6/c1-56-25-26-58-27-28-59-29-30-60-52-24-21-46(35-51(52)53(55)57-2)54(44-17-11-36(12-18-44)38-15-22-49-42(31-38)33-40-7-3-5-9-47(40)49)45-19-13-37(14-20-45)39-16-23-50-43(32-39)34-41-8-4-6-10-48(41)50/h3-24,31-32,35H,25-30,33-34H2,1-2H3. The predicted octanol–water partition coefficient (Wildman–Crippen LogP) is 11.5. The van der Waals surface area contributed by atoms with E-state index in [0.717, 1.165) is 41.0 Å². The van der Waals surface area contributed by atoms with Crippen LogP contribution in [0.15, 0.2) is 152 Å². The van der Waals surface area contributed by atoms with Crippen LogP contribution in [0.4, 0.5) is 17.1 Å². The van der Waals surface area contributed by atoms with Gasteiger partial charge in [-0.2, -0.15) is 0 Å². The van der Waals surface area contributed by atoms with E-state index in [0.29, 0.717) is 44.3 Å². The Morgan fingerprint density at radius 2 is 0.933 bits per heavy atom. The first kappa shape index (κ1) is 39.0. The zero-order chi connectivity index (χ0) is 40.8. The molecule has 0 aromatic heterocycles. The predicted molar refractivity (Wildman–Crippen MR) is 239 cm³/mol. The normalized spacial score (nSPS) is 12.0. The van der Waals surface area contributed by atoms with Gasteiger partial charge in [0.2, 0.25) is 0 Å². The lowest BCUT2D eigenvalue weighted by molar-refractivity contribution is 0.0178. The topological polar surface area (TPSA) is 66.5 Å². The molecular formula is C53H47NO6. The van der Waals surface area contributed by atoms with Crippen molar-refractivity contribution in [3.8, 4) is 50.3 Å². The smallest absolute Gasteiger partial charge is 0.341 e. The van der Waals surface area contributed by atoms with E-state index < -0.39 is 5.97 Å². The largest absolute Gasteiger partial charge is 0.490 e. The van der Waals surface area contributed by atoms with Crippen molar-refractivity contribution in [2.24, 2.45) is 0 Å². The van der Waals surface area contributed by atoms with Crippen LogP contribution in [0.3, 0.4) is 0 Å². The molecule has 9 rings (SSSR count). The average Bonchev–Trinajstić information content (AvgIpc) is 3.86. The number of carbonyl (C=O) groups is 1. The van der Waals surface area contributed by atoms with E-state index >= 15 is 0 Å². The summed E-state index contributed by atoms with van der Waals surface area (Å²) in [6, 6.07) is 53.8. The summed E-state index contributed by atoms with van der Waals surface area (Å²) in [5.41, 5.74) is 18.4. The van der Waals surface area contributed by atoms with Crippen molar-refractivity contribution in [1.29, 1.82) is 0 Å². The minimum atomic E-state index is -0.484. The third kappa shape index (κ3) is 8.08. The molecule has 0 N–H and O–H groups in total. The average molecular weight is 794 g/mol. The zero-order valence-electron chi connectivity index (χ0n) is 34.0. The molecule has 60 heavy (non-hydrogen) atoms. The molecule has 0 atom stereocenters. The first-order chi connectivity index (χ1) is 29.6. The first-order valence-electron chi connectivity index (χ1n) is 20.5. The zero-order valence-corrected chi connectivity index (χ0v) is 34.0. The highest BCUT2D eigenvalue weighted by Crippen LogP contribution is 2.42. The molecule has 7 nitrogen and oxygen atoms in total. The summed E-state index contributed by atoms with van der Waals surface area (Å²) < 4.78 is 27.5. The second kappa shape index (κ2) is 17.8. The number of ether oxygens (including phenoxy) is 5. The van der Waals surface area contributed by atoms with Crippen LogP contribution in [0, 0.1) is 0 Å². The number of hydrogen-bond donors (Lipinski definition) is 0. The van der Waals surface area contributed by atoms with Gasteiger partial charge in [-0.25, -0.2) is 4.79 Å². The summed E-state index contributed by atoms with van der Waals surface area (Å²) in [7, 11) is 3.03. The summed E-state index contributed by atoms with van der Waals surface area (Å²) >= 11 is 0. The molecule has 0 unspecified atom stereocenters. The monoisotopic (exact) mass is 793 g/mol. The molecule has 0 amide bonds. The van der Waals surface area contributed by atoms with Crippen LogP contribution >= 0.6 is 0 Å². The maximum absolute atomic E-state index is 13.3. The van der Waals surface area contributed by atoms with Gasteiger partial charge in [-0.15, -0.1) is 0 Å². The molecular weight excluding hydrogens is 747 g/mol. The third-order valence-corrected chi connectivity index (χ3v) is 11.4. The maximum Gasteiger partial charge on any atom is 0.341 e. The van der Waals surface area contributed by atoms with Gasteiger partial charge >= 0.3 is 5.97 Å². The minimum absolute atomic E-state index is 0.262. The lowest BCUT2D eigenvalue weighted by Crippen LogP contribution is -2.15. The molecule has 0 spiro atoms. The molecule has 2 aliphatic rings. The van der Waals surface area contributed by atoms with Crippen molar-refractivity contribution in [3.63, 3.8) is 0 Å². The van der Waals surface area contributed by atoms with Crippen LogP contribution in [-0.4, -0.2) is 59.8 Å². The summed E-state index contributed by atoms with van der Waals surface area (Å²) in [5.74, 6) is -0.0591. The van der Waals surface area contributed by atoms with Crippen LogP contribution in [0.2, 0.25) is 0 Å². The highest BCUT2D eigenvalue weighted by atomic mass is 16.6. The highest BCUT2D eigenvalue weighted by Gasteiger charge is 2.22. The first-order valence-corrected chi connectivity index (χ1v) is 20.5. The van der Waals surface area contributed by atoms with Gasteiger partial charge in [0.15, 0.2) is 0 Å². The van der Waals surface area contributed by atoms with Gasteiger partial charge < -0.3 is 28.6 Å². The van der Waals surface area contributed by atoms with Gasteiger partial charge in [0.25, 0.3) is 0 Å². The Labute approximate surface area is 351 Å². The second-order valence-electron chi connectivity index (χ2n) is 15.1. The number of anilines is 3. The van der Waals surface area contributed by atoms with E-state index in [9.17, 15) is 4.79 Å². The molecule has 0 heterocycles. The fourth-order valence-electron chi connectivity index (χ4n) is 8.43. The fraction of sp³-hybridized carbons (Fsp3) is 0.189. The summed E-state index contributed by atoms with van der Waals surface area (Å²) in [5, 5.41) is 0. The molecule has 0 saturated carbocycles. The quantitative estimate of drug-likeness (QED) is 0.0713. The number of carbonyl (C=O) groups excluding carboxylic acids is 1. The molecule has 0 fully saturated rings. The number of methoxy groups -OCH3 is 2. The van der Waals surface area contributed by atoms with Crippen molar-refractivity contribution in [3.05, 3.63) is 179 Å². The van der Waals surface area contributed by atoms with Crippen molar-refractivity contribution in [2.45, 2.75) is 12.8 Å². The molecule has 0 saturated heterocycles. The van der Waals surface area contributed by atoms with Gasteiger partial charge in [-0.3, -0.25) is 0 Å². The number of hydrogen-bond acceptors (Lipinski definition) is 7. The minimum Gasteiger partial charge on any atom is -0.490 e. The van der Waals surface area contributed by atoms with E-state index in [2.05, 4.69) is 138 Å². The van der Waals surface area contributed by atoms with Crippen molar-refractivity contribution in [1.82, 2.24) is 0 Å². The molecule has 0 aliphatic heterocycles. The van der Waals surface area contributed by atoms with Crippen molar-refractivity contribution >= 4 is 23.0 Å². The number of rotatable bonds is 16. The SMILES string of the molecule is COCCOCCOCCOc1ccc(N(c2ccc(-c3ccc4c(c3)Cc3ccccc3-4)cc2)c2ccc(-c3ccc4c(c3)Cc3ccccc3-4)cc2)cc1C(=O)OC.